The third kappa shape index (κ3) is 36.5. The summed E-state index contributed by atoms with van der Waals surface area (Å²) in [6.07, 6.45) is 7.01. The maximum absolute atomic E-state index is 5.78. The molecule has 0 aliphatic rings. The summed E-state index contributed by atoms with van der Waals surface area (Å²) >= 11 is 0. The molecule has 0 saturated heterocycles. The van der Waals surface area contributed by atoms with Gasteiger partial charge in [0, 0.05) is 14.2 Å². The lowest BCUT2D eigenvalue weighted by molar-refractivity contribution is 0.0506. The van der Waals surface area contributed by atoms with Crippen molar-refractivity contribution in [3.63, 3.8) is 0 Å². The van der Waals surface area contributed by atoms with Crippen LogP contribution < -0.4 is 56.8 Å². The molecule has 0 heterocycles. The minimum Gasteiger partial charge on any atom is -0.496 e. The fourth-order valence-corrected chi connectivity index (χ4v) is 9.42. The Kier molecular flexibility index (Phi) is 47.0. The zero-order valence-electron chi connectivity index (χ0n) is 67.7. The van der Waals surface area contributed by atoms with Crippen LogP contribution in [0, 0.1) is 96.9 Å². The predicted molar refractivity (Wildman–Crippen MR) is 421 cm³/mol. The van der Waals surface area contributed by atoms with Gasteiger partial charge in [-0.1, -0.05) is 64.8 Å². The van der Waals surface area contributed by atoms with Gasteiger partial charge < -0.3 is 66.3 Å². The predicted octanol–water partition coefficient (Wildman–Crippen LogP) is 22.5. The molecule has 0 unspecified atom stereocenters. The number of aryl methyl sites for hydroxylation is 14. The number of methoxy groups -OCH3 is 4. The average molecular weight is 1400 g/mol. The van der Waals surface area contributed by atoms with Gasteiger partial charge >= 0.3 is 0 Å². The molecule has 0 radical (unpaired) electrons. The highest BCUT2D eigenvalue weighted by molar-refractivity contribution is 5.49. The Bertz CT molecular complexity index is 3240. The van der Waals surface area contributed by atoms with E-state index in [0.29, 0.717) is 33.2 Å². The van der Waals surface area contributed by atoms with E-state index in [1.54, 1.807) is 28.4 Å². The summed E-state index contributed by atoms with van der Waals surface area (Å²) in [6, 6.07) is 32.7. The van der Waals surface area contributed by atoms with Crippen LogP contribution in [0.2, 0.25) is 0 Å². The fourth-order valence-electron chi connectivity index (χ4n) is 9.42. The Morgan fingerprint density at radius 2 is 0.515 bits per heavy atom. The summed E-state index contributed by atoms with van der Waals surface area (Å²) in [4.78, 5) is 0. The van der Waals surface area contributed by atoms with Crippen LogP contribution in [0.3, 0.4) is 0 Å². The Hall–Kier alpha value is -7.94. The van der Waals surface area contributed by atoms with Gasteiger partial charge in [0.05, 0.1) is 72.7 Å². The van der Waals surface area contributed by atoms with Crippen LogP contribution in [0.25, 0.3) is 0 Å². The van der Waals surface area contributed by atoms with Crippen LogP contribution in [0.4, 0.5) is 0 Å². The molecule has 14 heteroatoms. The molecule has 0 atom stereocenters. The standard InChI is InChI=1S/C16H26O2.2C14H22O2.C12H18O2.C11H16O2.2C10H14O2/c1-5-7-9-17-15-11-14(4)16(12-13(15)3)18-10-8-6-2;1-9(2)15-13-7-12(6)14(8-11(13)5)16-10(3)4;1-5-7-15-13-9-12(4)14(10-11(13)3)16-8-6-2;1-5-13-11-7-10(4)12(14-6-2)8-9(11)3;1-9-4-5-10(2)11(8-9)13-7-6-12-3;1-7-5-10(12-4)8(2)6-9(7)11-3;1-8-4-5-9(2)10(6-8)12-7-11-3/h11-12H,5-10H2,1-4H3;7-10H,1-6H3;9-10H,5-8H2,1-4H3;7-8H,5-6H2,1-4H3;4-5,8H,6-7H2,1-3H3;5-6H,1-4H3;4-6H,7H2,1-3H3. The van der Waals surface area contributed by atoms with E-state index in [1.165, 1.54) is 16.7 Å². The normalized spacial score (nSPS) is 10.2. The molecular formula is C87H132O14. The van der Waals surface area contributed by atoms with Crippen LogP contribution in [0.1, 0.15) is 186 Å². The van der Waals surface area contributed by atoms with E-state index in [2.05, 4.69) is 105 Å². The van der Waals surface area contributed by atoms with Crippen LogP contribution in [-0.2, 0) is 9.47 Å². The van der Waals surface area contributed by atoms with E-state index in [0.717, 1.165) is 195 Å². The van der Waals surface area contributed by atoms with Crippen LogP contribution in [0.5, 0.6) is 69.0 Å². The van der Waals surface area contributed by atoms with E-state index in [-0.39, 0.29) is 12.2 Å². The summed E-state index contributed by atoms with van der Waals surface area (Å²) in [6.45, 7) is 55.4. The number of rotatable bonds is 31. The van der Waals surface area contributed by atoms with E-state index in [1.807, 2.05) is 158 Å². The number of ether oxygens (including phenoxy) is 14. The molecular weight excluding hydrogens is 1270 g/mol. The number of hydrogen-bond acceptors (Lipinski definition) is 14. The summed E-state index contributed by atoms with van der Waals surface area (Å²) in [5, 5.41) is 0. The average Bonchev–Trinajstić information content (AvgIpc) is 0.871. The second-order valence-corrected chi connectivity index (χ2v) is 25.6. The molecule has 101 heavy (non-hydrogen) atoms. The first-order chi connectivity index (χ1) is 48.1. The van der Waals surface area contributed by atoms with Gasteiger partial charge in [-0.05, 0) is 315 Å². The van der Waals surface area contributed by atoms with Crippen LogP contribution in [0.15, 0.2) is 97.1 Å². The van der Waals surface area contributed by atoms with Gasteiger partial charge in [0.15, 0.2) is 6.79 Å². The third-order valence-corrected chi connectivity index (χ3v) is 15.1. The summed E-state index contributed by atoms with van der Waals surface area (Å²) in [5.74, 6) is 11.4. The highest BCUT2D eigenvalue weighted by Gasteiger charge is 2.12. The zero-order valence-corrected chi connectivity index (χ0v) is 67.7. The monoisotopic (exact) mass is 1400 g/mol. The molecule has 564 valence electrons. The Morgan fingerprint density at radius 3 is 0.802 bits per heavy atom. The summed E-state index contributed by atoms with van der Waals surface area (Å²) < 4.78 is 76.3. The molecule has 0 aliphatic carbocycles. The molecule has 0 aliphatic heterocycles. The van der Waals surface area contributed by atoms with Crippen molar-refractivity contribution < 1.29 is 66.3 Å². The highest BCUT2D eigenvalue weighted by Crippen LogP contribution is 2.33. The van der Waals surface area contributed by atoms with Gasteiger partial charge in [0.25, 0.3) is 0 Å². The van der Waals surface area contributed by atoms with Crippen molar-refractivity contribution in [2.75, 3.05) is 88.1 Å². The minimum absolute atomic E-state index is 0.204. The Balaban J connectivity index is 0.000000592. The maximum Gasteiger partial charge on any atom is 0.188 e. The molecule has 0 N–H and O–H groups in total. The third-order valence-electron chi connectivity index (χ3n) is 15.1. The molecule has 7 aromatic carbocycles. The first kappa shape index (κ1) is 91.1. The topological polar surface area (TPSA) is 129 Å². The second-order valence-electron chi connectivity index (χ2n) is 25.6. The number of benzene rings is 7. The lowest BCUT2D eigenvalue weighted by Gasteiger charge is -2.17. The molecule has 14 nitrogen and oxygen atoms in total. The molecule has 0 amide bonds. The van der Waals surface area contributed by atoms with E-state index < -0.39 is 0 Å². The van der Waals surface area contributed by atoms with Gasteiger partial charge in [-0.15, -0.1) is 0 Å². The van der Waals surface area contributed by atoms with Crippen molar-refractivity contribution in [2.24, 2.45) is 0 Å². The quantitative estimate of drug-likeness (QED) is 0.0302. The van der Waals surface area contributed by atoms with Gasteiger partial charge in [-0.25, -0.2) is 0 Å². The summed E-state index contributed by atoms with van der Waals surface area (Å²) in [7, 11) is 6.64. The first-order valence-corrected chi connectivity index (χ1v) is 36.2. The molecule has 7 aromatic rings. The second kappa shape index (κ2) is 52.1. The summed E-state index contributed by atoms with van der Waals surface area (Å²) in [5.41, 5.74) is 16.0. The first-order valence-electron chi connectivity index (χ1n) is 36.2. The molecule has 0 saturated carbocycles. The molecule has 0 fully saturated rings. The Labute approximate surface area is 612 Å². The minimum atomic E-state index is 0.204. The van der Waals surface area contributed by atoms with E-state index >= 15 is 0 Å². The molecule has 0 bridgehead atoms. The SMILES string of the molecule is CCCCOc1cc(C)c(OCCCC)cc1C.CCCOc1cc(C)c(OCCC)cc1C.CCOc1cc(C)c(OCC)cc1C.COCCOc1cc(C)ccc1C.COCOc1cc(C)ccc1C.COc1cc(C)c(OC)cc1C.Cc1cc(OC(C)C)c(C)cc1OC(C)C. The molecule has 7 rings (SSSR count). The lowest BCUT2D eigenvalue weighted by atomic mass is 10.1. The van der Waals surface area contributed by atoms with Crippen LogP contribution in [-0.4, -0.2) is 100 Å². The van der Waals surface area contributed by atoms with Crippen LogP contribution >= 0.6 is 0 Å². The smallest absolute Gasteiger partial charge is 0.188 e. The van der Waals surface area contributed by atoms with Gasteiger partial charge in [0.1, 0.15) is 75.6 Å². The van der Waals surface area contributed by atoms with Crippen molar-refractivity contribution in [3.05, 3.63) is 175 Å². The van der Waals surface area contributed by atoms with Gasteiger partial charge in [-0.3, -0.25) is 0 Å². The Morgan fingerprint density at radius 1 is 0.248 bits per heavy atom. The van der Waals surface area contributed by atoms with E-state index in [9.17, 15) is 0 Å². The molecule has 0 aromatic heterocycles. The zero-order chi connectivity index (χ0) is 76.0. The van der Waals surface area contributed by atoms with Crippen molar-refractivity contribution in [1.82, 2.24) is 0 Å². The number of unbranched alkanes of at least 4 members (excludes halogenated alkanes) is 2. The van der Waals surface area contributed by atoms with Gasteiger partial charge in [0.2, 0.25) is 0 Å². The van der Waals surface area contributed by atoms with Crippen molar-refractivity contribution >= 4 is 0 Å². The maximum atomic E-state index is 5.78. The fraction of sp³-hybridized carbons (Fsp3) is 0.517. The molecule has 0 spiro atoms. The van der Waals surface area contributed by atoms with Gasteiger partial charge in [-0.2, -0.15) is 0 Å². The van der Waals surface area contributed by atoms with Crippen molar-refractivity contribution in [3.8, 4) is 69.0 Å². The largest absolute Gasteiger partial charge is 0.496 e. The van der Waals surface area contributed by atoms with E-state index in [4.69, 9.17) is 66.3 Å². The lowest BCUT2D eigenvalue weighted by Crippen LogP contribution is -2.09. The number of hydrogen-bond donors (Lipinski definition) is 0. The van der Waals surface area contributed by atoms with Crippen molar-refractivity contribution in [2.45, 2.75) is 217 Å². The highest BCUT2D eigenvalue weighted by atomic mass is 16.7. The van der Waals surface area contributed by atoms with Crippen molar-refractivity contribution in [1.29, 1.82) is 0 Å².